The van der Waals surface area contributed by atoms with Gasteiger partial charge < -0.3 is 14.4 Å². The quantitative estimate of drug-likeness (QED) is 0.413. The van der Waals surface area contributed by atoms with Crippen molar-refractivity contribution in [3.63, 3.8) is 0 Å². The lowest BCUT2D eigenvalue weighted by Gasteiger charge is -2.22. The van der Waals surface area contributed by atoms with Crippen LogP contribution in [0.2, 0.25) is 0 Å². The van der Waals surface area contributed by atoms with Crippen LogP contribution in [0.15, 0.2) is 48.8 Å². The Kier molecular flexibility index (Phi) is 4.73. The van der Waals surface area contributed by atoms with E-state index in [1.54, 1.807) is 44.2 Å². The third-order valence-electron chi connectivity index (χ3n) is 7.16. The van der Waals surface area contributed by atoms with Gasteiger partial charge in [0.15, 0.2) is 5.82 Å². The van der Waals surface area contributed by atoms with E-state index in [9.17, 15) is 13.9 Å². The lowest BCUT2D eigenvalue weighted by molar-refractivity contribution is -0.0507. The van der Waals surface area contributed by atoms with Crippen molar-refractivity contribution >= 4 is 11.0 Å². The van der Waals surface area contributed by atoms with E-state index in [1.165, 1.54) is 18.5 Å². The summed E-state index contributed by atoms with van der Waals surface area (Å²) in [6.45, 7) is 2.34. The molecule has 4 atom stereocenters. The number of hydrogen-bond acceptors (Lipinski definition) is 5. The van der Waals surface area contributed by atoms with E-state index in [0.717, 1.165) is 5.82 Å². The molecule has 0 spiro atoms. The smallest absolute Gasteiger partial charge is 0.387 e. The molecule has 2 aromatic carbocycles. The van der Waals surface area contributed by atoms with Gasteiger partial charge in [0.2, 0.25) is 0 Å². The van der Waals surface area contributed by atoms with Crippen LogP contribution in [0.4, 0.5) is 13.2 Å². The van der Waals surface area contributed by atoms with Crippen molar-refractivity contribution in [2.45, 2.75) is 44.9 Å². The monoisotopic (exact) mass is 480 g/mol. The number of fused-ring (bicyclic) bond motifs is 5. The summed E-state index contributed by atoms with van der Waals surface area (Å²) in [5, 5.41) is 10.1. The second kappa shape index (κ2) is 7.52. The minimum Gasteiger partial charge on any atom is -0.434 e. The summed E-state index contributed by atoms with van der Waals surface area (Å²) >= 11 is 0. The highest BCUT2D eigenvalue weighted by Gasteiger charge is 2.61. The van der Waals surface area contributed by atoms with E-state index >= 15 is 4.39 Å². The molecule has 0 radical (unpaired) electrons. The van der Waals surface area contributed by atoms with Gasteiger partial charge in [-0.25, -0.2) is 19.3 Å². The summed E-state index contributed by atoms with van der Waals surface area (Å²) in [5.74, 6) is 1.44. The molecule has 0 saturated heterocycles. The zero-order valence-corrected chi connectivity index (χ0v) is 19.3. The van der Waals surface area contributed by atoms with Gasteiger partial charge >= 0.3 is 6.61 Å². The van der Waals surface area contributed by atoms with Crippen LogP contribution in [0.5, 0.6) is 5.75 Å². The number of aromatic nitrogens is 4. The van der Waals surface area contributed by atoms with Crippen LogP contribution in [0.25, 0.3) is 22.2 Å². The summed E-state index contributed by atoms with van der Waals surface area (Å²) in [4.78, 5) is 13.1. The Morgan fingerprint density at radius 3 is 2.51 bits per heavy atom. The number of nitrogens with zero attached hydrogens (tertiary/aromatic N) is 4. The Morgan fingerprint density at radius 1 is 1.11 bits per heavy atom. The first kappa shape index (κ1) is 22.0. The molecule has 1 aliphatic heterocycles. The highest BCUT2D eigenvalue weighted by atomic mass is 19.3. The first-order valence-electron chi connectivity index (χ1n) is 11.5. The van der Waals surface area contributed by atoms with Crippen molar-refractivity contribution in [3.05, 3.63) is 71.8 Å². The van der Waals surface area contributed by atoms with Crippen LogP contribution in [0, 0.1) is 17.7 Å². The first-order valence-corrected chi connectivity index (χ1v) is 11.5. The standard InChI is InChI=1S/C26H23F3N4O2/c1-12-20-21(12)23-32-17-9-16(27)15(13-10-30-24(31-11-13)26(2,3)34)8-18(17)33(23)22(20)14-6-4-5-7-19(14)35-25(28)29/h4-12,20-22,25,34H,1-3H3/t12-,20?,21?,22-/m0/s1. The van der Waals surface area contributed by atoms with Crippen molar-refractivity contribution in [2.24, 2.45) is 11.8 Å². The molecule has 6 nitrogen and oxygen atoms in total. The zero-order chi connectivity index (χ0) is 24.6. The Bertz CT molecular complexity index is 1450. The van der Waals surface area contributed by atoms with Crippen molar-refractivity contribution < 1.29 is 23.0 Å². The van der Waals surface area contributed by atoms with Gasteiger partial charge in [-0.3, -0.25) is 0 Å². The van der Waals surface area contributed by atoms with Crippen LogP contribution in [-0.2, 0) is 5.60 Å². The Hall–Kier alpha value is -3.46. The third-order valence-corrected chi connectivity index (χ3v) is 7.16. The molecule has 6 rings (SSSR count). The summed E-state index contributed by atoms with van der Waals surface area (Å²) in [5.41, 5.74) is 1.42. The summed E-state index contributed by atoms with van der Waals surface area (Å²) in [6.07, 6.45) is 2.96. The number of rotatable bonds is 5. The molecule has 35 heavy (non-hydrogen) atoms. The second-order valence-corrected chi connectivity index (χ2v) is 9.84. The van der Waals surface area contributed by atoms with Gasteiger partial charge in [0, 0.05) is 41.1 Å². The van der Waals surface area contributed by atoms with Gasteiger partial charge in [0.25, 0.3) is 0 Å². The maximum atomic E-state index is 15.2. The van der Waals surface area contributed by atoms with Gasteiger partial charge in [-0.2, -0.15) is 8.78 Å². The number of halogens is 3. The molecule has 2 unspecified atom stereocenters. The molecule has 0 amide bonds. The van der Waals surface area contributed by atoms with E-state index in [-0.39, 0.29) is 29.5 Å². The van der Waals surface area contributed by atoms with Gasteiger partial charge in [0.1, 0.15) is 23.0 Å². The molecule has 3 heterocycles. The normalized spacial score (nSPS) is 23.0. The van der Waals surface area contributed by atoms with Crippen LogP contribution >= 0.6 is 0 Å². The Labute approximate surface area is 199 Å². The maximum absolute atomic E-state index is 15.2. The fraction of sp³-hybridized carbons (Fsp3) is 0.346. The second-order valence-electron chi connectivity index (χ2n) is 9.84. The van der Waals surface area contributed by atoms with Crippen LogP contribution in [0.1, 0.15) is 49.9 Å². The minimum atomic E-state index is -2.93. The fourth-order valence-corrected chi connectivity index (χ4v) is 5.50. The predicted octanol–water partition coefficient (Wildman–Crippen LogP) is 5.41. The number of aliphatic hydroxyl groups is 1. The predicted molar refractivity (Wildman–Crippen MR) is 123 cm³/mol. The number of ether oxygens (including phenoxy) is 1. The van der Waals surface area contributed by atoms with Crippen molar-refractivity contribution in [3.8, 4) is 16.9 Å². The molecule has 1 fully saturated rings. The van der Waals surface area contributed by atoms with Crippen LogP contribution in [-0.4, -0.2) is 31.2 Å². The number of para-hydroxylation sites is 1. The summed E-state index contributed by atoms with van der Waals surface area (Å²) in [7, 11) is 0. The molecule has 9 heteroatoms. The number of hydrogen-bond donors (Lipinski definition) is 1. The molecule has 1 saturated carbocycles. The molecular weight excluding hydrogens is 457 g/mol. The third kappa shape index (κ3) is 3.40. The largest absolute Gasteiger partial charge is 0.434 e. The Morgan fingerprint density at radius 2 is 1.83 bits per heavy atom. The van der Waals surface area contributed by atoms with Crippen molar-refractivity contribution in [1.29, 1.82) is 0 Å². The van der Waals surface area contributed by atoms with Crippen molar-refractivity contribution in [2.75, 3.05) is 0 Å². The average molecular weight is 480 g/mol. The molecule has 0 bridgehead atoms. The summed E-state index contributed by atoms with van der Waals surface area (Å²) < 4.78 is 48.3. The van der Waals surface area contributed by atoms with Crippen molar-refractivity contribution in [1.82, 2.24) is 19.5 Å². The van der Waals surface area contributed by atoms with Crippen LogP contribution < -0.4 is 4.74 Å². The minimum absolute atomic E-state index is 0.137. The molecule has 2 aliphatic rings. The lowest BCUT2D eigenvalue weighted by Crippen LogP contribution is -2.19. The first-order chi connectivity index (χ1) is 16.6. The van der Waals surface area contributed by atoms with Gasteiger partial charge in [-0.15, -0.1) is 0 Å². The highest BCUT2D eigenvalue weighted by molar-refractivity contribution is 5.84. The SMILES string of the molecule is C[C@@H]1C2c3nc4cc(F)c(-c5cnc(C(C)(C)O)nc5)cc4n3[C@@H](c3ccccc3OC(F)F)C21. The molecule has 4 aromatic rings. The van der Waals surface area contributed by atoms with E-state index in [1.807, 2.05) is 4.57 Å². The van der Waals surface area contributed by atoms with E-state index < -0.39 is 18.0 Å². The zero-order valence-electron chi connectivity index (χ0n) is 19.3. The van der Waals surface area contributed by atoms with E-state index in [2.05, 4.69) is 16.9 Å². The number of benzene rings is 2. The fourth-order valence-electron chi connectivity index (χ4n) is 5.50. The average Bonchev–Trinajstić information content (AvgIpc) is 3.15. The van der Waals surface area contributed by atoms with Gasteiger partial charge in [-0.05, 0) is 37.8 Å². The molecule has 1 aliphatic carbocycles. The van der Waals surface area contributed by atoms with Crippen LogP contribution in [0.3, 0.4) is 0 Å². The number of imidazole rings is 1. The van der Waals surface area contributed by atoms with Gasteiger partial charge in [0.05, 0.1) is 17.1 Å². The maximum Gasteiger partial charge on any atom is 0.387 e. The molecular formula is C26H23F3N4O2. The van der Waals surface area contributed by atoms with E-state index in [4.69, 9.17) is 9.72 Å². The van der Waals surface area contributed by atoms with Gasteiger partial charge in [-0.1, -0.05) is 25.1 Å². The highest BCUT2D eigenvalue weighted by Crippen LogP contribution is 2.66. The number of alkyl halides is 2. The molecule has 1 N–H and O–H groups in total. The Balaban J connectivity index is 1.50. The lowest BCUT2D eigenvalue weighted by atomic mass is 9.99. The molecule has 2 aromatic heterocycles. The van der Waals surface area contributed by atoms with E-state index in [0.29, 0.717) is 33.6 Å². The topological polar surface area (TPSA) is 73.1 Å². The molecule has 180 valence electrons. The summed E-state index contributed by atoms with van der Waals surface area (Å²) in [6, 6.07) is 9.67.